The Morgan fingerprint density at radius 2 is 2.15 bits per heavy atom. The molecule has 0 atom stereocenters. The minimum absolute atomic E-state index is 0.0302. The van der Waals surface area contributed by atoms with Crippen molar-refractivity contribution in [3.63, 3.8) is 0 Å². The largest absolute Gasteiger partial charge is 0.490 e. The first kappa shape index (κ1) is 15.9. The summed E-state index contributed by atoms with van der Waals surface area (Å²) in [5, 5.41) is 22.4. The van der Waals surface area contributed by atoms with Gasteiger partial charge in [-0.15, -0.1) is 0 Å². The molecule has 0 spiro atoms. The summed E-state index contributed by atoms with van der Waals surface area (Å²) in [6, 6.07) is 3.92. The lowest BCUT2D eigenvalue weighted by atomic mass is 10.0. The third-order valence-corrected chi connectivity index (χ3v) is 2.83. The number of benzene rings is 1. The molecule has 0 aliphatic heterocycles. The highest BCUT2D eigenvalue weighted by Crippen LogP contribution is 2.27. The van der Waals surface area contributed by atoms with E-state index in [2.05, 4.69) is 5.32 Å². The molecule has 2 N–H and O–H groups in total. The van der Waals surface area contributed by atoms with Gasteiger partial charge in [0.1, 0.15) is 0 Å². The summed E-state index contributed by atoms with van der Waals surface area (Å²) < 4.78 is 4.91. The number of aliphatic hydroxyl groups excluding tert-OH is 1. The lowest BCUT2D eigenvalue weighted by Crippen LogP contribution is -2.44. The predicted molar refractivity (Wildman–Crippen MR) is 72.9 cm³/mol. The van der Waals surface area contributed by atoms with Crippen LogP contribution < -0.4 is 10.1 Å². The number of hydrogen-bond donors (Lipinski definition) is 2. The van der Waals surface area contributed by atoms with Gasteiger partial charge >= 0.3 is 5.69 Å². The van der Waals surface area contributed by atoms with Gasteiger partial charge in [-0.3, -0.25) is 14.9 Å². The quantitative estimate of drug-likeness (QED) is 0.608. The summed E-state index contributed by atoms with van der Waals surface area (Å²) in [5.74, 6) is -0.348. The molecule has 0 aliphatic rings. The van der Waals surface area contributed by atoms with Crippen LogP contribution in [0, 0.1) is 10.1 Å². The zero-order valence-electron chi connectivity index (χ0n) is 11.7. The summed E-state index contributed by atoms with van der Waals surface area (Å²) >= 11 is 0. The van der Waals surface area contributed by atoms with Gasteiger partial charge in [0.25, 0.3) is 5.91 Å². The first-order valence-electron chi connectivity index (χ1n) is 6.06. The number of ether oxygens (including phenoxy) is 1. The maximum atomic E-state index is 12.1. The topological polar surface area (TPSA) is 102 Å². The highest BCUT2D eigenvalue weighted by Gasteiger charge is 2.22. The van der Waals surface area contributed by atoms with Crippen LogP contribution in [0.4, 0.5) is 5.69 Å². The smallest absolute Gasteiger partial charge is 0.310 e. The molecule has 0 unspecified atom stereocenters. The molecule has 7 heteroatoms. The van der Waals surface area contributed by atoms with Gasteiger partial charge in [0.2, 0.25) is 0 Å². The van der Waals surface area contributed by atoms with E-state index >= 15 is 0 Å². The van der Waals surface area contributed by atoms with Crippen molar-refractivity contribution in [1.82, 2.24) is 5.32 Å². The minimum atomic E-state index is -0.573. The van der Waals surface area contributed by atoms with E-state index in [1.54, 1.807) is 13.8 Å². The molecule has 1 aromatic rings. The van der Waals surface area contributed by atoms with Gasteiger partial charge in [0, 0.05) is 29.8 Å². The first-order valence-corrected chi connectivity index (χ1v) is 6.06. The molecule has 1 amide bonds. The van der Waals surface area contributed by atoms with Gasteiger partial charge < -0.3 is 15.2 Å². The van der Waals surface area contributed by atoms with Crippen molar-refractivity contribution in [3.05, 3.63) is 33.9 Å². The molecular formula is C13H18N2O5. The minimum Gasteiger partial charge on any atom is -0.490 e. The van der Waals surface area contributed by atoms with Crippen LogP contribution in [-0.2, 0) is 0 Å². The maximum Gasteiger partial charge on any atom is 0.310 e. The van der Waals surface area contributed by atoms with Crippen molar-refractivity contribution in [2.75, 3.05) is 13.7 Å². The van der Waals surface area contributed by atoms with Gasteiger partial charge in [0.15, 0.2) is 5.75 Å². The molecule has 7 nitrogen and oxygen atoms in total. The van der Waals surface area contributed by atoms with Gasteiger partial charge in [-0.05, 0) is 26.3 Å². The van der Waals surface area contributed by atoms with Crippen molar-refractivity contribution in [2.24, 2.45) is 0 Å². The molecule has 110 valence electrons. The van der Waals surface area contributed by atoms with Crippen molar-refractivity contribution in [3.8, 4) is 5.75 Å². The van der Waals surface area contributed by atoms with Crippen LogP contribution in [0.1, 0.15) is 30.6 Å². The Hall–Kier alpha value is -2.15. The van der Waals surface area contributed by atoms with Crippen molar-refractivity contribution >= 4 is 11.6 Å². The van der Waals surface area contributed by atoms with E-state index in [9.17, 15) is 14.9 Å². The van der Waals surface area contributed by atoms with Crippen LogP contribution in [0.25, 0.3) is 0 Å². The molecule has 0 radical (unpaired) electrons. The zero-order valence-corrected chi connectivity index (χ0v) is 11.7. The standard InChI is InChI=1S/C13H18N2O5/c1-13(2,6-7-16)14-12(17)9-4-5-10(15(18)19)11(8-9)20-3/h4-5,8,16H,6-7H2,1-3H3,(H,14,17). The normalized spacial score (nSPS) is 11.0. The SMILES string of the molecule is COc1cc(C(=O)NC(C)(C)CCO)ccc1[N+](=O)[O-]. The predicted octanol–water partition coefficient (Wildman–Crippen LogP) is 1.49. The fraction of sp³-hybridized carbons (Fsp3) is 0.462. The third-order valence-electron chi connectivity index (χ3n) is 2.83. The molecule has 20 heavy (non-hydrogen) atoms. The third kappa shape index (κ3) is 3.92. The van der Waals surface area contributed by atoms with Gasteiger partial charge in [-0.2, -0.15) is 0 Å². The number of hydrogen-bond acceptors (Lipinski definition) is 5. The summed E-state index contributed by atoms with van der Waals surface area (Å²) in [7, 11) is 1.31. The Labute approximate surface area is 116 Å². The number of methoxy groups -OCH3 is 1. The van der Waals surface area contributed by atoms with Crippen LogP contribution >= 0.6 is 0 Å². The van der Waals surface area contributed by atoms with Gasteiger partial charge in [0.05, 0.1) is 12.0 Å². The summed E-state index contributed by atoms with van der Waals surface area (Å²) in [6.45, 7) is 3.52. The van der Waals surface area contributed by atoms with E-state index in [1.165, 1.54) is 25.3 Å². The molecule has 0 heterocycles. The number of rotatable bonds is 6. The molecule has 0 saturated heterocycles. The van der Waals surface area contributed by atoms with Crippen LogP contribution in [0.3, 0.4) is 0 Å². The molecule has 0 fully saturated rings. The second-order valence-corrected chi connectivity index (χ2v) is 4.96. The summed E-state index contributed by atoms with van der Waals surface area (Å²) in [6.07, 6.45) is 0.406. The average Bonchev–Trinajstić information content (AvgIpc) is 2.36. The molecule has 0 bridgehead atoms. The highest BCUT2D eigenvalue weighted by atomic mass is 16.6. The van der Waals surface area contributed by atoms with Crippen LogP contribution in [0.15, 0.2) is 18.2 Å². The number of carbonyl (C=O) groups excluding carboxylic acids is 1. The van der Waals surface area contributed by atoms with E-state index in [0.717, 1.165) is 0 Å². The fourth-order valence-electron chi connectivity index (χ4n) is 1.69. The van der Waals surface area contributed by atoms with E-state index in [1.807, 2.05) is 0 Å². The van der Waals surface area contributed by atoms with Crippen LogP contribution in [0.2, 0.25) is 0 Å². The molecular weight excluding hydrogens is 264 g/mol. The van der Waals surface area contributed by atoms with Gasteiger partial charge in [-0.25, -0.2) is 0 Å². The molecule has 0 saturated carbocycles. The Balaban J connectivity index is 2.97. The number of nitrogens with zero attached hydrogens (tertiary/aromatic N) is 1. The molecule has 0 aliphatic carbocycles. The number of aliphatic hydroxyl groups is 1. The summed E-state index contributed by atoms with van der Waals surface area (Å²) in [5.41, 5.74) is -0.502. The summed E-state index contributed by atoms with van der Waals surface area (Å²) in [4.78, 5) is 22.3. The maximum absolute atomic E-state index is 12.1. The number of amides is 1. The Morgan fingerprint density at radius 1 is 1.50 bits per heavy atom. The van der Waals surface area contributed by atoms with E-state index in [0.29, 0.717) is 6.42 Å². The van der Waals surface area contributed by atoms with Crippen molar-refractivity contribution < 1.29 is 19.6 Å². The molecule has 0 aromatic heterocycles. The molecule has 1 rings (SSSR count). The van der Waals surface area contributed by atoms with Crippen molar-refractivity contribution in [1.29, 1.82) is 0 Å². The lowest BCUT2D eigenvalue weighted by molar-refractivity contribution is -0.385. The number of nitro benzene ring substituents is 1. The van der Waals surface area contributed by atoms with E-state index in [-0.39, 0.29) is 29.5 Å². The molecule has 1 aromatic carbocycles. The van der Waals surface area contributed by atoms with Crippen LogP contribution in [-0.4, -0.2) is 35.2 Å². The second kappa shape index (κ2) is 6.33. The monoisotopic (exact) mass is 282 g/mol. The zero-order chi connectivity index (χ0) is 15.3. The van der Waals surface area contributed by atoms with E-state index < -0.39 is 10.5 Å². The van der Waals surface area contributed by atoms with Crippen molar-refractivity contribution in [2.45, 2.75) is 25.8 Å². The number of carbonyl (C=O) groups is 1. The van der Waals surface area contributed by atoms with Gasteiger partial charge in [-0.1, -0.05) is 0 Å². The fourth-order valence-corrected chi connectivity index (χ4v) is 1.69. The number of nitrogens with one attached hydrogen (secondary N) is 1. The lowest BCUT2D eigenvalue weighted by Gasteiger charge is -2.25. The number of nitro groups is 1. The van der Waals surface area contributed by atoms with Crippen LogP contribution in [0.5, 0.6) is 5.75 Å². The Kier molecular flexibility index (Phi) is 5.04. The highest BCUT2D eigenvalue weighted by molar-refractivity contribution is 5.95. The Bertz CT molecular complexity index is 513. The van der Waals surface area contributed by atoms with E-state index in [4.69, 9.17) is 9.84 Å². The first-order chi connectivity index (χ1) is 9.30. The average molecular weight is 282 g/mol. The second-order valence-electron chi connectivity index (χ2n) is 4.96. The Morgan fingerprint density at radius 3 is 2.65 bits per heavy atom.